The molecule has 0 aromatic heterocycles. The van der Waals surface area contributed by atoms with Crippen molar-refractivity contribution in [3.63, 3.8) is 0 Å². The van der Waals surface area contributed by atoms with Crippen molar-refractivity contribution >= 4 is 5.69 Å². The van der Waals surface area contributed by atoms with Crippen LogP contribution in [-0.4, -0.2) is 43.7 Å². The smallest absolute Gasteiger partial charge is 0.225 e. The predicted molar refractivity (Wildman–Crippen MR) is 78.9 cm³/mol. The van der Waals surface area contributed by atoms with Crippen molar-refractivity contribution in [2.45, 2.75) is 25.5 Å². The van der Waals surface area contributed by atoms with Crippen molar-refractivity contribution in [2.24, 2.45) is 0 Å². The topological polar surface area (TPSA) is 28.9 Å². The van der Waals surface area contributed by atoms with E-state index in [2.05, 4.69) is 15.1 Å². The lowest BCUT2D eigenvalue weighted by Gasteiger charge is -2.35. The molecule has 21 heavy (non-hydrogen) atoms. The third-order valence-electron chi connectivity index (χ3n) is 4.52. The molecule has 2 aliphatic heterocycles. The third-order valence-corrected chi connectivity index (χ3v) is 4.52. The predicted octanol–water partition coefficient (Wildman–Crippen LogP) is 2.42. The number of rotatable bonds is 1. The van der Waals surface area contributed by atoms with Crippen LogP contribution in [0.2, 0.25) is 0 Å². The summed E-state index contributed by atoms with van der Waals surface area (Å²) in [6, 6.07) is 3.68. The highest BCUT2D eigenvalue weighted by atomic mass is 19.1. The molecular formula is C16H20FN3O. The lowest BCUT2D eigenvalue weighted by Crippen LogP contribution is -2.51. The Bertz CT molecular complexity index is 569. The molecule has 0 bridgehead atoms. The fourth-order valence-electron chi connectivity index (χ4n) is 3.30. The van der Waals surface area contributed by atoms with Crippen molar-refractivity contribution < 1.29 is 9.13 Å². The van der Waals surface area contributed by atoms with Crippen molar-refractivity contribution in [2.75, 3.05) is 32.8 Å². The molecule has 3 rings (SSSR count). The van der Waals surface area contributed by atoms with Gasteiger partial charge in [0.15, 0.2) is 0 Å². The number of nitrogens with zero attached hydrogens (tertiary/aromatic N) is 2. The maximum absolute atomic E-state index is 13.7. The van der Waals surface area contributed by atoms with Gasteiger partial charge < -0.3 is 10.1 Å². The van der Waals surface area contributed by atoms with Crippen LogP contribution in [0, 0.1) is 19.3 Å². The van der Waals surface area contributed by atoms with Gasteiger partial charge in [-0.15, -0.1) is 0 Å². The van der Waals surface area contributed by atoms with Crippen LogP contribution in [0.3, 0.4) is 0 Å². The number of hydrogen-bond donors (Lipinski definition) is 1. The van der Waals surface area contributed by atoms with Gasteiger partial charge in [0, 0.05) is 38.8 Å². The van der Waals surface area contributed by atoms with E-state index in [0.717, 1.165) is 38.2 Å². The number of ether oxygens (including phenoxy) is 1. The van der Waals surface area contributed by atoms with Crippen molar-refractivity contribution in [3.05, 3.63) is 40.5 Å². The number of halogens is 1. The van der Waals surface area contributed by atoms with Crippen LogP contribution in [0.5, 0.6) is 0 Å². The van der Waals surface area contributed by atoms with Crippen LogP contribution >= 0.6 is 0 Å². The second-order valence-electron chi connectivity index (χ2n) is 5.72. The van der Waals surface area contributed by atoms with Gasteiger partial charge in [-0.3, -0.25) is 4.90 Å². The van der Waals surface area contributed by atoms with Crippen LogP contribution < -0.4 is 5.32 Å². The molecule has 2 saturated heterocycles. The Kier molecular flexibility index (Phi) is 4.20. The summed E-state index contributed by atoms with van der Waals surface area (Å²) in [7, 11) is 0. The molecule has 2 aliphatic rings. The van der Waals surface area contributed by atoms with E-state index in [-0.39, 0.29) is 11.8 Å². The Morgan fingerprint density at radius 3 is 3.14 bits per heavy atom. The number of piperazine rings is 1. The molecule has 2 heterocycles. The second kappa shape index (κ2) is 6.10. The van der Waals surface area contributed by atoms with Gasteiger partial charge in [0.1, 0.15) is 5.82 Å². The van der Waals surface area contributed by atoms with E-state index in [0.29, 0.717) is 18.2 Å². The van der Waals surface area contributed by atoms with Gasteiger partial charge in [0.2, 0.25) is 5.69 Å². The van der Waals surface area contributed by atoms with Gasteiger partial charge in [0.05, 0.1) is 12.7 Å². The van der Waals surface area contributed by atoms with Crippen LogP contribution in [0.25, 0.3) is 4.85 Å². The number of hydrogen-bond acceptors (Lipinski definition) is 3. The molecule has 1 aromatic carbocycles. The highest BCUT2D eigenvalue weighted by molar-refractivity contribution is 5.56. The van der Waals surface area contributed by atoms with Gasteiger partial charge >= 0.3 is 0 Å². The molecule has 1 N–H and O–H groups in total. The molecule has 0 saturated carbocycles. The summed E-state index contributed by atoms with van der Waals surface area (Å²) in [5, 5.41) is 3.42. The van der Waals surface area contributed by atoms with Gasteiger partial charge in [0.25, 0.3) is 0 Å². The average Bonchev–Trinajstić information content (AvgIpc) is 2.70. The zero-order chi connectivity index (χ0) is 14.8. The first-order valence-corrected chi connectivity index (χ1v) is 7.43. The quantitative estimate of drug-likeness (QED) is 0.805. The SMILES string of the molecule is [C-]#[N+]c1c(F)ccc([C@@H]2CN3CCNC[C@@H]3CCO2)c1C. The van der Waals surface area contributed by atoms with Crippen LogP contribution in [0.15, 0.2) is 12.1 Å². The molecule has 0 radical (unpaired) electrons. The van der Waals surface area contributed by atoms with E-state index in [1.807, 2.05) is 6.92 Å². The number of nitrogens with one attached hydrogen (secondary N) is 1. The summed E-state index contributed by atoms with van der Waals surface area (Å²) in [4.78, 5) is 5.78. The molecule has 4 nitrogen and oxygen atoms in total. The first kappa shape index (κ1) is 14.5. The largest absolute Gasteiger partial charge is 0.372 e. The lowest BCUT2D eigenvalue weighted by molar-refractivity contribution is 0.0511. The monoisotopic (exact) mass is 289 g/mol. The normalized spacial score (nSPS) is 26.7. The van der Waals surface area contributed by atoms with Crippen molar-refractivity contribution in [3.8, 4) is 0 Å². The second-order valence-corrected chi connectivity index (χ2v) is 5.72. The highest BCUT2D eigenvalue weighted by Crippen LogP contribution is 2.33. The molecule has 0 amide bonds. The van der Waals surface area contributed by atoms with Crippen molar-refractivity contribution in [1.82, 2.24) is 10.2 Å². The summed E-state index contributed by atoms with van der Waals surface area (Å²) in [6.45, 7) is 13.5. The summed E-state index contributed by atoms with van der Waals surface area (Å²) in [5.74, 6) is -0.445. The minimum atomic E-state index is -0.445. The maximum atomic E-state index is 13.7. The van der Waals surface area contributed by atoms with Gasteiger partial charge in [-0.1, -0.05) is 6.07 Å². The number of benzene rings is 1. The molecule has 1 aromatic rings. The fraction of sp³-hybridized carbons (Fsp3) is 0.562. The van der Waals surface area contributed by atoms with E-state index in [9.17, 15) is 4.39 Å². The average molecular weight is 289 g/mol. The minimum absolute atomic E-state index is 0.0748. The molecule has 2 atom stereocenters. The Labute approximate surface area is 124 Å². The molecule has 2 fully saturated rings. The summed E-state index contributed by atoms with van der Waals surface area (Å²) in [6.07, 6.45) is 0.938. The van der Waals surface area contributed by atoms with Gasteiger partial charge in [-0.25, -0.2) is 9.24 Å². The van der Waals surface area contributed by atoms with E-state index in [1.165, 1.54) is 6.07 Å². The molecule has 5 heteroatoms. The Balaban J connectivity index is 1.88. The first-order chi connectivity index (χ1) is 10.2. The van der Waals surface area contributed by atoms with Crippen molar-refractivity contribution in [1.29, 1.82) is 0 Å². The fourth-order valence-corrected chi connectivity index (χ4v) is 3.30. The Morgan fingerprint density at radius 2 is 2.33 bits per heavy atom. The summed E-state index contributed by atoms with van der Waals surface area (Å²) in [5.41, 5.74) is 1.78. The first-order valence-electron chi connectivity index (χ1n) is 7.43. The Hall–Kier alpha value is -1.48. The van der Waals surface area contributed by atoms with Gasteiger partial charge in [-0.2, -0.15) is 0 Å². The Morgan fingerprint density at radius 1 is 1.48 bits per heavy atom. The zero-order valence-electron chi connectivity index (χ0n) is 12.2. The third kappa shape index (κ3) is 2.80. The van der Waals surface area contributed by atoms with Gasteiger partial charge in [-0.05, 0) is 30.5 Å². The molecule has 0 unspecified atom stereocenters. The molecule has 0 spiro atoms. The van der Waals surface area contributed by atoms with Crippen LogP contribution in [0.4, 0.5) is 10.1 Å². The minimum Gasteiger partial charge on any atom is -0.372 e. The van der Waals surface area contributed by atoms with Crippen LogP contribution in [0.1, 0.15) is 23.7 Å². The van der Waals surface area contributed by atoms with E-state index < -0.39 is 5.82 Å². The van der Waals surface area contributed by atoms with E-state index in [4.69, 9.17) is 11.3 Å². The zero-order valence-corrected chi connectivity index (χ0v) is 12.2. The van der Waals surface area contributed by atoms with Crippen LogP contribution in [-0.2, 0) is 4.74 Å². The summed E-state index contributed by atoms with van der Waals surface area (Å²) >= 11 is 0. The van der Waals surface area contributed by atoms with E-state index >= 15 is 0 Å². The molecular weight excluding hydrogens is 269 g/mol. The standard InChI is InChI=1S/C16H20FN3O/c1-11-13(3-4-14(17)16(11)18-2)15-10-20-7-6-19-9-12(20)5-8-21-15/h3-4,12,15,19H,5-10H2,1H3/t12-,15-/m0/s1. The lowest BCUT2D eigenvalue weighted by atomic mass is 10.0. The van der Waals surface area contributed by atoms with E-state index in [1.54, 1.807) is 6.07 Å². The molecule has 112 valence electrons. The highest BCUT2D eigenvalue weighted by Gasteiger charge is 2.30. The molecule has 0 aliphatic carbocycles. The summed E-state index contributed by atoms with van der Waals surface area (Å²) < 4.78 is 19.7. The maximum Gasteiger partial charge on any atom is 0.225 e. The number of fused-ring (bicyclic) bond motifs is 1.